The zero-order valence-corrected chi connectivity index (χ0v) is 16.4. The van der Waals surface area contributed by atoms with Crippen molar-refractivity contribution in [1.82, 2.24) is 20.4 Å². The molecule has 0 amide bonds. The van der Waals surface area contributed by atoms with Crippen molar-refractivity contribution in [2.45, 2.75) is 12.6 Å². The molecule has 0 radical (unpaired) electrons. The Labute approximate surface area is 155 Å². The second-order valence-electron chi connectivity index (χ2n) is 5.83. The predicted octanol–water partition coefficient (Wildman–Crippen LogP) is 1.35. The summed E-state index contributed by atoms with van der Waals surface area (Å²) in [6.45, 7) is 4.73. The van der Waals surface area contributed by atoms with Crippen molar-refractivity contribution in [3.05, 3.63) is 35.6 Å². The molecule has 2 rings (SSSR count). The molecule has 1 aromatic rings. The summed E-state index contributed by atoms with van der Waals surface area (Å²) >= 11 is 0. The van der Waals surface area contributed by atoms with Gasteiger partial charge in [0.25, 0.3) is 0 Å². The minimum atomic E-state index is -0.212. The van der Waals surface area contributed by atoms with Gasteiger partial charge < -0.3 is 15.5 Å². The van der Waals surface area contributed by atoms with Gasteiger partial charge in [-0.2, -0.15) is 0 Å². The fourth-order valence-corrected chi connectivity index (χ4v) is 2.54. The first kappa shape index (κ1) is 20.1. The number of halogens is 2. The van der Waals surface area contributed by atoms with Gasteiger partial charge in [-0.05, 0) is 31.8 Å². The van der Waals surface area contributed by atoms with Crippen molar-refractivity contribution >= 4 is 29.9 Å². The molecule has 5 nitrogen and oxygen atoms in total. The van der Waals surface area contributed by atoms with E-state index in [4.69, 9.17) is 0 Å². The number of hydrogen-bond donors (Lipinski definition) is 2. The van der Waals surface area contributed by atoms with Gasteiger partial charge in [0.1, 0.15) is 5.82 Å². The summed E-state index contributed by atoms with van der Waals surface area (Å²) in [5, 5.41) is 6.62. The van der Waals surface area contributed by atoms with Gasteiger partial charge in [-0.15, -0.1) is 24.0 Å². The molecule has 7 heteroatoms. The largest absolute Gasteiger partial charge is 0.355 e. The highest BCUT2D eigenvalue weighted by Crippen LogP contribution is 2.05. The molecule has 2 N–H and O–H groups in total. The molecule has 1 atom stereocenters. The van der Waals surface area contributed by atoms with E-state index < -0.39 is 0 Å². The molecule has 23 heavy (non-hydrogen) atoms. The van der Waals surface area contributed by atoms with Crippen molar-refractivity contribution in [3.8, 4) is 0 Å². The first-order valence-corrected chi connectivity index (χ1v) is 7.66. The first-order chi connectivity index (χ1) is 10.6. The Bertz CT molecular complexity index is 494. The Morgan fingerprint density at radius 2 is 1.91 bits per heavy atom. The third-order valence-electron chi connectivity index (χ3n) is 4.08. The maximum absolute atomic E-state index is 12.9. The summed E-state index contributed by atoms with van der Waals surface area (Å²) in [6.07, 6.45) is 0. The van der Waals surface area contributed by atoms with Crippen molar-refractivity contribution in [1.29, 1.82) is 0 Å². The quantitative estimate of drug-likeness (QED) is 0.426. The van der Waals surface area contributed by atoms with Gasteiger partial charge in [-0.25, -0.2) is 4.39 Å². The smallest absolute Gasteiger partial charge is 0.191 e. The van der Waals surface area contributed by atoms with E-state index in [0.29, 0.717) is 12.6 Å². The summed E-state index contributed by atoms with van der Waals surface area (Å²) in [4.78, 5) is 8.96. The molecule has 1 saturated heterocycles. The lowest BCUT2D eigenvalue weighted by Gasteiger charge is -2.37. The number of benzene rings is 1. The lowest BCUT2D eigenvalue weighted by atomic mass is 10.2. The number of nitrogens with one attached hydrogen (secondary N) is 2. The molecule has 1 unspecified atom stereocenters. The number of rotatable bonds is 4. The summed E-state index contributed by atoms with van der Waals surface area (Å²) in [6, 6.07) is 6.97. The third kappa shape index (κ3) is 6.60. The zero-order valence-electron chi connectivity index (χ0n) is 14.1. The van der Waals surface area contributed by atoms with Crippen LogP contribution in [-0.4, -0.2) is 69.1 Å². The van der Waals surface area contributed by atoms with Gasteiger partial charge in [0, 0.05) is 45.8 Å². The molecule has 1 aromatic carbocycles. The highest BCUT2D eigenvalue weighted by molar-refractivity contribution is 14.0. The van der Waals surface area contributed by atoms with E-state index >= 15 is 0 Å². The van der Waals surface area contributed by atoms with E-state index in [1.165, 1.54) is 12.1 Å². The van der Waals surface area contributed by atoms with Crippen LogP contribution in [0.15, 0.2) is 29.3 Å². The highest BCUT2D eigenvalue weighted by Gasteiger charge is 2.21. The van der Waals surface area contributed by atoms with E-state index in [-0.39, 0.29) is 29.8 Å². The van der Waals surface area contributed by atoms with Crippen LogP contribution in [0.1, 0.15) is 5.56 Å². The standard InChI is InChI=1S/C16H26FN5.HI/c1-18-16(19-10-13-4-6-14(17)7-5-13)20-11-15-12-21(2)8-9-22(15)3;/h4-7,15H,8-12H2,1-3H3,(H2,18,19,20);1H. The highest BCUT2D eigenvalue weighted by atomic mass is 127. The van der Waals surface area contributed by atoms with Gasteiger partial charge in [-0.1, -0.05) is 12.1 Å². The Hall–Kier alpha value is -0.930. The zero-order chi connectivity index (χ0) is 15.9. The number of nitrogens with zero attached hydrogens (tertiary/aromatic N) is 3. The van der Waals surface area contributed by atoms with Crippen LogP contribution < -0.4 is 10.6 Å². The Balaban J connectivity index is 0.00000264. The second-order valence-corrected chi connectivity index (χ2v) is 5.83. The fraction of sp³-hybridized carbons (Fsp3) is 0.562. The lowest BCUT2D eigenvalue weighted by molar-refractivity contribution is 0.116. The van der Waals surface area contributed by atoms with Crippen LogP contribution in [0.3, 0.4) is 0 Å². The van der Waals surface area contributed by atoms with Crippen LogP contribution >= 0.6 is 24.0 Å². The van der Waals surface area contributed by atoms with Crippen LogP contribution in [0.25, 0.3) is 0 Å². The number of hydrogen-bond acceptors (Lipinski definition) is 3. The minimum absolute atomic E-state index is 0. The van der Waals surface area contributed by atoms with Crippen LogP contribution in [0, 0.1) is 5.82 Å². The SMILES string of the molecule is CN=C(NCc1ccc(F)cc1)NCC1CN(C)CCN1C.I. The van der Waals surface area contributed by atoms with Crippen molar-refractivity contribution in [2.75, 3.05) is 47.3 Å². The van der Waals surface area contributed by atoms with E-state index in [1.54, 1.807) is 19.2 Å². The van der Waals surface area contributed by atoms with Gasteiger partial charge in [0.15, 0.2) is 5.96 Å². The molecule has 1 fully saturated rings. The number of aliphatic imine (C=N–C) groups is 1. The van der Waals surface area contributed by atoms with E-state index in [0.717, 1.165) is 37.7 Å². The maximum atomic E-state index is 12.9. The molecule has 0 aliphatic carbocycles. The minimum Gasteiger partial charge on any atom is -0.355 e. The molecule has 0 aromatic heterocycles. The molecular formula is C16H27FIN5. The Kier molecular flexibility index (Phi) is 8.78. The van der Waals surface area contributed by atoms with Crippen LogP contribution in [0.4, 0.5) is 4.39 Å². The third-order valence-corrected chi connectivity index (χ3v) is 4.08. The molecular weight excluding hydrogens is 408 g/mol. The fourth-order valence-electron chi connectivity index (χ4n) is 2.54. The first-order valence-electron chi connectivity index (χ1n) is 7.66. The predicted molar refractivity (Wildman–Crippen MR) is 104 cm³/mol. The molecule has 0 spiro atoms. The van der Waals surface area contributed by atoms with Gasteiger partial charge >= 0.3 is 0 Å². The topological polar surface area (TPSA) is 42.9 Å². The van der Waals surface area contributed by atoms with Crippen molar-refractivity contribution in [2.24, 2.45) is 4.99 Å². The number of piperazine rings is 1. The Morgan fingerprint density at radius 3 is 2.57 bits per heavy atom. The molecule has 1 aliphatic heterocycles. The normalized spacial score (nSPS) is 20.0. The monoisotopic (exact) mass is 435 g/mol. The summed E-state index contributed by atoms with van der Waals surface area (Å²) in [7, 11) is 6.08. The summed E-state index contributed by atoms with van der Waals surface area (Å²) in [5.74, 6) is 0.557. The molecule has 130 valence electrons. The molecule has 1 heterocycles. The van der Waals surface area contributed by atoms with E-state index in [2.05, 4.69) is 39.5 Å². The number of likely N-dealkylation sites (N-methyl/N-ethyl adjacent to an activating group) is 2. The summed E-state index contributed by atoms with van der Waals surface area (Å²) < 4.78 is 12.9. The van der Waals surface area contributed by atoms with E-state index in [9.17, 15) is 4.39 Å². The lowest BCUT2D eigenvalue weighted by Crippen LogP contribution is -2.55. The Morgan fingerprint density at radius 1 is 1.22 bits per heavy atom. The average Bonchev–Trinajstić information content (AvgIpc) is 2.52. The molecule has 1 aliphatic rings. The van der Waals surface area contributed by atoms with Gasteiger partial charge in [-0.3, -0.25) is 9.89 Å². The van der Waals surface area contributed by atoms with Crippen molar-refractivity contribution in [3.63, 3.8) is 0 Å². The van der Waals surface area contributed by atoms with Crippen LogP contribution in [-0.2, 0) is 6.54 Å². The summed E-state index contributed by atoms with van der Waals surface area (Å²) in [5.41, 5.74) is 1.03. The van der Waals surface area contributed by atoms with Crippen molar-refractivity contribution < 1.29 is 4.39 Å². The van der Waals surface area contributed by atoms with Crippen LogP contribution in [0.2, 0.25) is 0 Å². The van der Waals surface area contributed by atoms with Crippen LogP contribution in [0.5, 0.6) is 0 Å². The maximum Gasteiger partial charge on any atom is 0.191 e. The van der Waals surface area contributed by atoms with E-state index in [1.807, 2.05) is 0 Å². The average molecular weight is 435 g/mol. The van der Waals surface area contributed by atoms with Gasteiger partial charge in [0.2, 0.25) is 0 Å². The number of guanidine groups is 1. The second kappa shape index (κ2) is 10.0. The van der Waals surface area contributed by atoms with Gasteiger partial charge in [0.05, 0.1) is 0 Å². The molecule has 0 bridgehead atoms. The molecule has 0 saturated carbocycles.